The Morgan fingerprint density at radius 1 is 1.40 bits per heavy atom. The van der Waals surface area contributed by atoms with Crippen molar-refractivity contribution in [3.8, 4) is 0 Å². The second kappa shape index (κ2) is 1.94. The summed E-state index contributed by atoms with van der Waals surface area (Å²) in [7, 11) is 0. The number of rotatable bonds is 0. The minimum Gasteiger partial charge on any atom is -0.172 e. The van der Waals surface area contributed by atoms with Crippen LogP contribution in [0, 0.1) is 17.8 Å². The molecule has 2 fully saturated rings. The summed E-state index contributed by atoms with van der Waals surface area (Å²) in [6.07, 6.45) is 4.37. The lowest BCUT2D eigenvalue weighted by Gasteiger charge is -2.34. The van der Waals surface area contributed by atoms with Crippen molar-refractivity contribution in [1.82, 2.24) is 0 Å². The maximum atomic E-state index is 4.75. The van der Waals surface area contributed by atoms with Crippen molar-refractivity contribution in [1.29, 1.82) is 0 Å². The highest BCUT2D eigenvalue weighted by atomic mass is 32.1. The first-order valence-electron chi connectivity index (χ1n) is 4.34. The first kappa shape index (κ1) is 7.02. The molecule has 0 N–H and O–H groups in total. The van der Waals surface area contributed by atoms with Crippen molar-refractivity contribution in [2.75, 3.05) is 0 Å². The molecule has 0 aliphatic heterocycles. The molecule has 0 aromatic rings. The molecule has 4 unspecified atom stereocenters. The Bertz CT molecular complexity index is 147. The first-order chi connectivity index (χ1) is 4.62. The summed E-state index contributed by atoms with van der Waals surface area (Å²) >= 11 is 4.75. The highest BCUT2D eigenvalue weighted by Gasteiger charge is 2.51. The van der Waals surface area contributed by atoms with E-state index in [1.165, 1.54) is 19.3 Å². The van der Waals surface area contributed by atoms with Gasteiger partial charge in [0.15, 0.2) is 0 Å². The summed E-state index contributed by atoms with van der Waals surface area (Å²) in [5.74, 6) is 2.79. The van der Waals surface area contributed by atoms with Gasteiger partial charge in [-0.15, -0.1) is 0 Å². The smallest absolute Gasteiger partial charge is 0.0158 e. The van der Waals surface area contributed by atoms with Gasteiger partial charge in [-0.25, -0.2) is 0 Å². The average Bonchev–Trinajstić information content (AvgIpc) is 2.37. The van der Waals surface area contributed by atoms with Gasteiger partial charge in [-0.05, 0) is 37.0 Å². The Balaban J connectivity index is 2.25. The van der Waals surface area contributed by atoms with Gasteiger partial charge in [0, 0.05) is 4.75 Å². The molecule has 58 valence electrons. The van der Waals surface area contributed by atoms with Crippen molar-refractivity contribution in [3.63, 3.8) is 0 Å². The van der Waals surface area contributed by atoms with Gasteiger partial charge in [-0.2, -0.15) is 12.6 Å². The van der Waals surface area contributed by atoms with E-state index in [0.717, 1.165) is 17.8 Å². The van der Waals surface area contributed by atoms with E-state index in [4.69, 9.17) is 12.6 Å². The Kier molecular flexibility index (Phi) is 1.36. The highest BCUT2D eigenvalue weighted by Crippen LogP contribution is 2.56. The summed E-state index contributed by atoms with van der Waals surface area (Å²) < 4.78 is 0.364. The van der Waals surface area contributed by atoms with E-state index in [1.807, 2.05) is 0 Å². The number of fused-ring (bicyclic) bond motifs is 2. The van der Waals surface area contributed by atoms with Crippen LogP contribution in [0.3, 0.4) is 0 Å². The lowest BCUT2D eigenvalue weighted by atomic mass is 9.81. The summed E-state index contributed by atoms with van der Waals surface area (Å²) in [6.45, 7) is 4.70. The van der Waals surface area contributed by atoms with E-state index < -0.39 is 0 Å². The first-order valence-corrected chi connectivity index (χ1v) is 4.79. The monoisotopic (exact) mass is 156 g/mol. The maximum absolute atomic E-state index is 4.75. The van der Waals surface area contributed by atoms with E-state index in [0.29, 0.717) is 4.75 Å². The summed E-state index contributed by atoms with van der Waals surface area (Å²) in [5.41, 5.74) is 0. The van der Waals surface area contributed by atoms with Gasteiger partial charge >= 0.3 is 0 Å². The van der Waals surface area contributed by atoms with Gasteiger partial charge in [-0.3, -0.25) is 0 Å². The van der Waals surface area contributed by atoms with Crippen LogP contribution >= 0.6 is 12.6 Å². The largest absolute Gasteiger partial charge is 0.172 e. The number of hydrogen-bond donors (Lipinski definition) is 1. The molecule has 2 bridgehead atoms. The molecular formula is C9H16S. The molecule has 10 heavy (non-hydrogen) atoms. The van der Waals surface area contributed by atoms with Gasteiger partial charge < -0.3 is 0 Å². The summed E-state index contributed by atoms with van der Waals surface area (Å²) in [6, 6.07) is 0. The second-order valence-corrected chi connectivity index (χ2v) is 5.25. The predicted molar refractivity (Wildman–Crippen MR) is 47.4 cm³/mol. The molecule has 0 heterocycles. The third-order valence-electron chi connectivity index (χ3n) is 3.93. The molecule has 2 rings (SSSR count). The maximum Gasteiger partial charge on any atom is 0.0158 e. The summed E-state index contributed by atoms with van der Waals surface area (Å²) in [5, 5.41) is 0. The zero-order chi connectivity index (χ0) is 7.35. The topological polar surface area (TPSA) is 0 Å². The molecule has 2 aliphatic rings. The molecule has 0 aromatic carbocycles. The van der Waals surface area contributed by atoms with Crippen LogP contribution in [0.15, 0.2) is 0 Å². The standard InChI is InChI=1S/C9H16S/c1-6-7-3-4-8(5-7)9(6,2)10/h6-8,10H,3-5H2,1-2H3. The van der Waals surface area contributed by atoms with E-state index >= 15 is 0 Å². The number of thiol groups is 1. The highest BCUT2D eigenvalue weighted by molar-refractivity contribution is 7.81. The molecule has 0 spiro atoms. The van der Waals surface area contributed by atoms with Crippen molar-refractivity contribution < 1.29 is 0 Å². The fourth-order valence-electron chi connectivity index (χ4n) is 2.85. The molecule has 2 aliphatic carbocycles. The number of hydrogen-bond acceptors (Lipinski definition) is 1. The second-order valence-electron chi connectivity index (χ2n) is 4.28. The molecule has 0 saturated heterocycles. The summed E-state index contributed by atoms with van der Waals surface area (Å²) in [4.78, 5) is 0. The third kappa shape index (κ3) is 0.702. The van der Waals surface area contributed by atoms with Crippen molar-refractivity contribution in [2.45, 2.75) is 37.9 Å². The molecule has 2 saturated carbocycles. The van der Waals surface area contributed by atoms with E-state index in [2.05, 4.69) is 13.8 Å². The van der Waals surface area contributed by atoms with Gasteiger partial charge in [0.1, 0.15) is 0 Å². The van der Waals surface area contributed by atoms with Crippen LogP contribution in [0.5, 0.6) is 0 Å². The van der Waals surface area contributed by atoms with Gasteiger partial charge in [0.05, 0.1) is 0 Å². The molecular weight excluding hydrogens is 140 g/mol. The normalized spacial score (nSPS) is 59.7. The molecule has 0 nitrogen and oxygen atoms in total. The van der Waals surface area contributed by atoms with Crippen LogP contribution < -0.4 is 0 Å². The SMILES string of the molecule is CC1C2CCC(C2)C1(C)S. The van der Waals surface area contributed by atoms with Crippen LogP contribution in [0.25, 0.3) is 0 Å². The van der Waals surface area contributed by atoms with Crippen molar-refractivity contribution >= 4 is 12.6 Å². The van der Waals surface area contributed by atoms with Crippen LogP contribution in [0.4, 0.5) is 0 Å². The Labute approximate surface area is 68.8 Å². The van der Waals surface area contributed by atoms with Crippen LogP contribution in [-0.2, 0) is 0 Å². The zero-order valence-electron chi connectivity index (χ0n) is 6.80. The van der Waals surface area contributed by atoms with E-state index in [1.54, 1.807) is 0 Å². The molecule has 0 amide bonds. The van der Waals surface area contributed by atoms with Gasteiger partial charge in [-0.1, -0.05) is 13.8 Å². The van der Waals surface area contributed by atoms with Gasteiger partial charge in [0.25, 0.3) is 0 Å². The molecule has 4 atom stereocenters. The average molecular weight is 156 g/mol. The quantitative estimate of drug-likeness (QED) is 0.512. The Hall–Kier alpha value is 0.350. The Morgan fingerprint density at radius 3 is 2.40 bits per heavy atom. The fourth-order valence-corrected chi connectivity index (χ4v) is 3.30. The third-order valence-corrected chi connectivity index (χ3v) is 4.70. The van der Waals surface area contributed by atoms with Crippen LogP contribution in [0.1, 0.15) is 33.1 Å². The van der Waals surface area contributed by atoms with E-state index in [-0.39, 0.29) is 0 Å². The lowest BCUT2D eigenvalue weighted by molar-refractivity contribution is 0.296. The minimum absolute atomic E-state index is 0.364. The lowest BCUT2D eigenvalue weighted by Crippen LogP contribution is -2.32. The van der Waals surface area contributed by atoms with Crippen LogP contribution in [0.2, 0.25) is 0 Å². The minimum atomic E-state index is 0.364. The van der Waals surface area contributed by atoms with Crippen molar-refractivity contribution in [3.05, 3.63) is 0 Å². The molecule has 0 aromatic heterocycles. The molecule has 0 radical (unpaired) electrons. The van der Waals surface area contributed by atoms with Crippen molar-refractivity contribution in [2.24, 2.45) is 17.8 Å². The zero-order valence-corrected chi connectivity index (χ0v) is 7.70. The molecule has 1 heteroatoms. The van der Waals surface area contributed by atoms with E-state index in [9.17, 15) is 0 Å². The predicted octanol–water partition coefficient (Wildman–Crippen LogP) is 2.74. The fraction of sp³-hybridized carbons (Fsp3) is 1.00. The van der Waals surface area contributed by atoms with Gasteiger partial charge in [0.2, 0.25) is 0 Å². The van der Waals surface area contributed by atoms with Crippen LogP contribution in [-0.4, -0.2) is 4.75 Å². The Morgan fingerprint density at radius 2 is 2.10 bits per heavy atom.